The number of aryl methyl sites for hydroxylation is 3. The Kier molecular flexibility index (Phi) is 6.71. The van der Waals surface area contributed by atoms with E-state index in [1.165, 1.54) is 28.8 Å². The highest BCUT2D eigenvalue weighted by Gasteiger charge is 2.30. The first-order valence-corrected chi connectivity index (χ1v) is 11.3. The Morgan fingerprint density at radius 1 is 0.938 bits per heavy atom. The summed E-state index contributed by atoms with van der Waals surface area (Å²) in [7, 11) is 0. The Morgan fingerprint density at radius 3 is 2.31 bits per heavy atom. The number of likely N-dealkylation sites (tertiary alicyclic amines) is 1. The number of halogens is 1. The molecule has 4 rings (SSSR count). The molecule has 1 heterocycles. The molecule has 0 bridgehead atoms. The maximum absolute atomic E-state index is 13.6. The van der Waals surface area contributed by atoms with Gasteiger partial charge in [-0.05, 0) is 86.7 Å². The third-order valence-corrected chi connectivity index (χ3v) is 6.49. The summed E-state index contributed by atoms with van der Waals surface area (Å²) in [5.41, 5.74) is 6.45. The van der Waals surface area contributed by atoms with Gasteiger partial charge in [0.25, 0.3) is 5.91 Å². The molecule has 3 nitrogen and oxygen atoms in total. The number of piperidine rings is 1. The molecule has 0 aliphatic carbocycles. The zero-order valence-electron chi connectivity index (χ0n) is 19.1. The smallest absolute Gasteiger partial charge is 0.258 e. The van der Waals surface area contributed by atoms with E-state index >= 15 is 0 Å². The second-order valence-electron chi connectivity index (χ2n) is 8.95. The van der Waals surface area contributed by atoms with Gasteiger partial charge in [0.15, 0.2) is 0 Å². The number of nitrogens with zero attached hydrogens (tertiary/aromatic N) is 2. The summed E-state index contributed by atoms with van der Waals surface area (Å²) in [4.78, 5) is 17.9. The van der Waals surface area contributed by atoms with Gasteiger partial charge in [-0.25, -0.2) is 4.39 Å². The number of rotatable bonds is 5. The van der Waals surface area contributed by atoms with E-state index in [2.05, 4.69) is 36.9 Å². The topological polar surface area (TPSA) is 23.6 Å². The molecule has 0 unspecified atom stereocenters. The van der Waals surface area contributed by atoms with Crippen molar-refractivity contribution in [3.05, 3.63) is 100 Å². The Labute approximate surface area is 190 Å². The van der Waals surface area contributed by atoms with Crippen LogP contribution in [-0.4, -0.2) is 29.9 Å². The normalized spacial score (nSPS) is 15.0. The molecule has 0 atom stereocenters. The van der Waals surface area contributed by atoms with Crippen LogP contribution >= 0.6 is 0 Å². The fraction of sp³-hybridized carbons (Fsp3) is 0.321. The molecular weight excluding hydrogens is 399 g/mol. The number of benzene rings is 3. The van der Waals surface area contributed by atoms with Gasteiger partial charge in [-0.3, -0.25) is 9.69 Å². The van der Waals surface area contributed by atoms with Gasteiger partial charge in [-0.1, -0.05) is 35.9 Å². The minimum atomic E-state index is -0.292. The number of amides is 1. The Bertz CT molecular complexity index is 1080. The maximum Gasteiger partial charge on any atom is 0.258 e. The first-order valence-electron chi connectivity index (χ1n) is 11.3. The molecule has 0 aromatic heterocycles. The maximum atomic E-state index is 13.6. The van der Waals surface area contributed by atoms with Crippen LogP contribution in [-0.2, 0) is 6.54 Å². The summed E-state index contributed by atoms with van der Waals surface area (Å²) in [6, 6.07) is 20.7. The molecule has 0 radical (unpaired) electrons. The molecule has 0 spiro atoms. The highest BCUT2D eigenvalue weighted by Crippen LogP contribution is 2.27. The van der Waals surface area contributed by atoms with Gasteiger partial charge < -0.3 is 4.90 Å². The number of anilines is 1. The Morgan fingerprint density at radius 2 is 1.66 bits per heavy atom. The number of carbonyl (C=O) groups is 1. The quantitative estimate of drug-likeness (QED) is 0.491. The Hall–Kier alpha value is -2.98. The molecule has 4 heteroatoms. The Balaban J connectivity index is 1.51. The summed E-state index contributed by atoms with van der Waals surface area (Å²) in [5, 5.41) is 0. The van der Waals surface area contributed by atoms with Crippen LogP contribution in [0.2, 0.25) is 0 Å². The van der Waals surface area contributed by atoms with Gasteiger partial charge >= 0.3 is 0 Å². The molecule has 1 aliphatic rings. The van der Waals surface area contributed by atoms with Crippen molar-refractivity contribution in [2.24, 2.45) is 0 Å². The monoisotopic (exact) mass is 430 g/mol. The lowest BCUT2D eigenvalue weighted by molar-refractivity contribution is 0.0958. The molecule has 1 amide bonds. The summed E-state index contributed by atoms with van der Waals surface area (Å²) < 4.78 is 13.6. The van der Waals surface area contributed by atoms with Gasteiger partial charge in [0.2, 0.25) is 0 Å². The minimum absolute atomic E-state index is 0.0204. The highest BCUT2D eigenvalue weighted by atomic mass is 19.1. The van der Waals surface area contributed by atoms with Gasteiger partial charge in [0.05, 0.1) is 0 Å². The molecule has 3 aromatic rings. The zero-order chi connectivity index (χ0) is 22.7. The van der Waals surface area contributed by atoms with Gasteiger partial charge in [-0.15, -0.1) is 0 Å². The predicted octanol–water partition coefficient (Wildman–Crippen LogP) is 6.06. The standard InChI is InChI=1S/C28H31FN2O/c1-20-5-4-6-24(17-20)28(32)31(26-11-9-25(29)10-12-26)27-13-15-30(16-14-27)19-23-8-7-21(2)22(3)18-23/h4-12,17-18,27H,13-16,19H2,1-3H3. The van der Waals surface area contributed by atoms with Crippen LogP contribution in [0.3, 0.4) is 0 Å². The van der Waals surface area contributed by atoms with Crippen LogP contribution < -0.4 is 4.90 Å². The SMILES string of the molecule is Cc1cccc(C(=O)N(c2ccc(F)cc2)C2CCN(Cc3ccc(C)c(C)c3)CC2)c1. The van der Waals surface area contributed by atoms with E-state index in [0.717, 1.165) is 43.7 Å². The van der Waals surface area contributed by atoms with E-state index in [4.69, 9.17) is 0 Å². The summed E-state index contributed by atoms with van der Waals surface area (Å²) in [6.07, 6.45) is 1.78. The van der Waals surface area contributed by atoms with E-state index in [9.17, 15) is 9.18 Å². The van der Waals surface area contributed by atoms with E-state index in [0.29, 0.717) is 5.56 Å². The first-order chi connectivity index (χ1) is 15.4. The van der Waals surface area contributed by atoms with Crippen LogP contribution in [0.4, 0.5) is 10.1 Å². The molecular formula is C28H31FN2O. The van der Waals surface area contributed by atoms with Crippen molar-refractivity contribution < 1.29 is 9.18 Å². The van der Waals surface area contributed by atoms with E-state index in [-0.39, 0.29) is 17.8 Å². The second kappa shape index (κ2) is 9.66. The molecule has 32 heavy (non-hydrogen) atoms. The lowest BCUT2D eigenvalue weighted by Gasteiger charge is -2.38. The van der Waals surface area contributed by atoms with Crippen LogP contribution in [0.15, 0.2) is 66.7 Å². The number of hydrogen-bond donors (Lipinski definition) is 0. The molecule has 166 valence electrons. The molecule has 1 aliphatic heterocycles. The number of hydrogen-bond acceptors (Lipinski definition) is 2. The van der Waals surface area contributed by atoms with Crippen molar-refractivity contribution in [2.75, 3.05) is 18.0 Å². The average molecular weight is 431 g/mol. The van der Waals surface area contributed by atoms with Crippen molar-refractivity contribution >= 4 is 11.6 Å². The molecule has 1 fully saturated rings. The zero-order valence-corrected chi connectivity index (χ0v) is 19.1. The minimum Gasteiger partial charge on any atom is -0.305 e. The van der Waals surface area contributed by atoms with Gasteiger partial charge in [0, 0.05) is 36.9 Å². The van der Waals surface area contributed by atoms with E-state index < -0.39 is 0 Å². The van der Waals surface area contributed by atoms with E-state index in [1.807, 2.05) is 36.1 Å². The molecule has 0 saturated carbocycles. The second-order valence-corrected chi connectivity index (χ2v) is 8.95. The molecule has 1 saturated heterocycles. The third-order valence-electron chi connectivity index (χ3n) is 6.49. The van der Waals surface area contributed by atoms with Crippen molar-refractivity contribution in [1.29, 1.82) is 0 Å². The largest absolute Gasteiger partial charge is 0.305 e. The van der Waals surface area contributed by atoms with Crippen LogP contribution in [0.5, 0.6) is 0 Å². The van der Waals surface area contributed by atoms with Gasteiger partial charge in [0.1, 0.15) is 5.82 Å². The van der Waals surface area contributed by atoms with Crippen molar-refractivity contribution in [3.8, 4) is 0 Å². The first kappa shape index (κ1) is 22.2. The highest BCUT2D eigenvalue weighted by molar-refractivity contribution is 6.06. The molecule has 3 aromatic carbocycles. The summed E-state index contributed by atoms with van der Waals surface area (Å²) >= 11 is 0. The van der Waals surface area contributed by atoms with Crippen LogP contribution in [0, 0.1) is 26.6 Å². The van der Waals surface area contributed by atoms with Crippen LogP contribution in [0.25, 0.3) is 0 Å². The van der Waals surface area contributed by atoms with E-state index in [1.54, 1.807) is 12.1 Å². The third kappa shape index (κ3) is 5.08. The fourth-order valence-electron chi connectivity index (χ4n) is 4.51. The fourth-order valence-corrected chi connectivity index (χ4v) is 4.51. The lowest BCUT2D eigenvalue weighted by atomic mass is 9.99. The van der Waals surface area contributed by atoms with Crippen molar-refractivity contribution in [3.63, 3.8) is 0 Å². The van der Waals surface area contributed by atoms with Crippen LogP contribution in [0.1, 0.15) is 45.5 Å². The van der Waals surface area contributed by atoms with Crippen molar-refractivity contribution in [2.45, 2.75) is 46.2 Å². The summed E-state index contributed by atoms with van der Waals surface area (Å²) in [5.74, 6) is -0.312. The predicted molar refractivity (Wildman–Crippen MR) is 129 cm³/mol. The average Bonchev–Trinajstić information content (AvgIpc) is 2.79. The molecule has 0 N–H and O–H groups in total. The van der Waals surface area contributed by atoms with Gasteiger partial charge in [-0.2, -0.15) is 0 Å². The number of carbonyl (C=O) groups excluding carboxylic acids is 1. The summed E-state index contributed by atoms with van der Waals surface area (Å²) in [6.45, 7) is 9.07. The lowest BCUT2D eigenvalue weighted by Crippen LogP contribution is -2.47. The van der Waals surface area contributed by atoms with Crippen molar-refractivity contribution in [1.82, 2.24) is 4.90 Å².